The highest BCUT2D eigenvalue weighted by atomic mass is 15.2. The van der Waals surface area contributed by atoms with Gasteiger partial charge in [0.25, 0.3) is 0 Å². The third-order valence-corrected chi connectivity index (χ3v) is 7.27. The Morgan fingerprint density at radius 2 is 1.84 bits per heavy atom. The average Bonchev–Trinajstić information content (AvgIpc) is 3.30. The summed E-state index contributed by atoms with van der Waals surface area (Å²) >= 11 is 0. The van der Waals surface area contributed by atoms with Gasteiger partial charge in [0.05, 0.1) is 11.6 Å². The molecule has 0 bridgehead atoms. The molecule has 1 N–H and O–H groups in total. The third kappa shape index (κ3) is 5.29. The topological polar surface area (TPSA) is 42.3 Å². The number of hydrogen-bond acceptors (Lipinski definition) is 4. The molecule has 0 amide bonds. The van der Waals surface area contributed by atoms with Crippen molar-refractivity contribution in [1.82, 2.24) is 9.80 Å². The summed E-state index contributed by atoms with van der Waals surface area (Å²) in [4.78, 5) is 5.09. The summed E-state index contributed by atoms with van der Waals surface area (Å²) in [6.07, 6.45) is 4.94. The smallest absolute Gasteiger partial charge is 0.0995 e. The number of anilines is 1. The zero-order valence-electron chi connectivity index (χ0n) is 19.1. The SMILES string of the molecule is CCN1CCCC1C(C)Nc1ccc(C#N)c(CN2CCC(c3ccccc3)CC2)c1. The van der Waals surface area contributed by atoms with Crippen molar-refractivity contribution in [2.75, 3.05) is 31.5 Å². The zero-order chi connectivity index (χ0) is 21.6. The van der Waals surface area contributed by atoms with Crippen molar-refractivity contribution < 1.29 is 0 Å². The maximum atomic E-state index is 9.66. The minimum atomic E-state index is 0.407. The van der Waals surface area contributed by atoms with Gasteiger partial charge in [-0.15, -0.1) is 0 Å². The molecule has 2 aromatic carbocycles. The van der Waals surface area contributed by atoms with E-state index in [0.29, 0.717) is 18.0 Å². The molecule has 4 rings (SSSR count). The summed E-state index contributed by atoms with van der Waals surface area (Å²) in [6.45, 7) is 9.92. The lowest BCUT2D eigenvalue weighted by Crippen LogP contribution is -2.41. The normalized spacial score (nSPS) is 21.6. The highest BCUT2D eigenvalue weighted by Gasteiger charge is 2.28. The first-order chi connectivity index (χ1) is 15.2. The number of nitriles is 1. The van der Waals surface area contributed by atoms with Crippen molar-refractivity contribution in [3.63, 3.8) is 0 Å². The summed E-state index contributed by atoms with van der Waals surface area (Å²) in [5, 5.41) is 13.4. The number of benzene rings is 2. The molecule has 31 heavy (non-hydrogen) atoms. The molecular formula is C27H36N4. The lowest BCUT2D eigenvalue weighted by molar-refractivity contribution is 0.204. The van der Waals surface area contributed by atoms with E-state index in [-0.39, 0.29) is 0 Å². The fourth-order valence-corrected chi connectivity index (χ4v) is 5.48. The van der Waals surface area contributed by atoms with Crippen LogP contribution in [0.2, 0.25) is 0 Å². The quantitative estimate of drug-likeness (QED) is 0.672. The van der Waals surface area contributed by atoms with Crippen LogP contribution in [-0.2, 0) is 6.54 Å². The Hall–Kier alpha value is -2.35. The summed E-state index contributed by atoms with van der Waals surface area (Å²) in [7, 11) is 0. The van der Waals surface area contributed by atoms with E-state index in [9.17, 15) is 5.26 Å². The van der Waals surface area contributed by atoms with E-state index in [1.165, 1.54) is 37.8 Å². The Kier molecular flexibility index (Phi) is 7.27. The van der Waals surface area contributed by atoms with Crippen LogP contribution in [0.15, 0.2) is 48.5 Å². The molecule has 2 aliphatic heterocycles. The fourth-order valence-electron chi connectivity index (χ4n) is 5.48. The van der Waals surface area contributed by atoms with Gasteiger partial charge in [-0.2, -0.15) is 5.26 Å². The molecule has 0 spiro atoms. The van der Waals surface area contributed by atoms with E-state index in [1.807, 2.05) is 6.07 Å². The Morgan fingerprint density at radius 1 is 1.06 bits per heavy atom. The predicted octanol–water partition coefficient (Wildman–Crippen LogP) is 5.22. The molecule has 2 aromatic rings. The number of nitrogens with one attached hydrogen (secondary N) is 1. The van der Waals surface area contributed by atoms with Crippen LogP contribution in [-0.4, -0.2) is 48.1 Å². The molecule has 2 fully saturated rings. The molecule has 0 aliphatic carbocycles. The molecule has 2 unspecified atom stereocenters. The van der Waals surface area contributed by atoms with E-state index in [0.717, 1.165) is 43.0 Å². The summed E-state index contributed by atoms with van der Waals surface area (Å²) < 4.78 is 0. The highest BCUT2D eigenvalue weighted by Crippen LogP contribution is 2.29. The van der Waals surface area contributed by atoms with Gasteiger partial charge in [0.1, 0.15) is 0 Å². The largest absolute Gasteiger partial charge is 0.381 e. The van der Waals surface area contributed by atoms with Crippen LogP contribution in [0, 0.1) is 11.3 Å². The van der Waals surface area contributed by atoms with E-state index >= 15 is 0 Å². The number of likely N-dealkylation sites (tertiary alicyclic amines) is 2. The van der Waals surface area contributed by atoms with Crippen LogP contribution < -0.4 is 5.32 Å². The average molecular weight is 417 g/mol. The Morgan fingerprint density at radius 3 is 2.55 bits per heavy atom. The van der Waals surface area contributed by atoms with Crippen molar-refractivity contribution in [2.45, 2.75) is 64.1 Å². The van der Waals surface area contributed by atoms with Crippen molar-refractivity contribution in [2.24, 2.45) is 0 Å². The van der Waals surface area contributed by atoms with Crippen LogP contribution in [0.3, 0.4) is 0 Å². The minimum Gasteiger partial charge on any atom is -0.381 e. The van der Waals surface area contributed by atoms with E-state index in [2.05, 4.69) is 77.5 Å². The van der Waals surface area contributed by atoms with Crippen LogP contribution >= 0.6 is 0 Å². The first kappa shape index (κ1) is 21.9. The molecule has 0 radical (unpaired) electrons. The monoisotopic (exact) mass is 416 g/mol. The van der Waals surface area contributed by atoms with E-state index < -0.39 is 0 Å². The second-order valence-corrected chi connectivity index (χ2v) is 9.22. The van der Waals surface area contributed by atoms with Gasteiger partial charge in [-0.3, -0.25) is 9.80 Å². The van der Waals surface area contributed by atoms with Gasteiger partial charge in [0, 0.05) is 24.3 Å². The number of hydrogen-bond donors (Lipinski definition) is 1. The molecule has 2 saturated heterocycles. The number of nitrogens with zero attached hydrogens (tertiary/aromatic N) is 3. The lowest BCUT2D eigenvalue weighted by Gasteiger charge is -2.33. The predicted molar refractivity (Wildman–Crippen MR) is 128 cm³/mol. The van der Waals surface area contributed by atoms with E-state index in [1.54, 1.807) is 0 Å². The number of likely N-dealkylation sites (N-methyl/N-ethyl adjacent to an activating group) is 1. The summed E-state index contributed by atoms with van der Waals surface area (Å²) in [6, 6.07) is 20.6. The van der Waals surface area contributed by atoms with Gasteiger partial charge in [0.2, 0.25) is 0 Å². The van der Waals surface area contributed by atoms with Crippen molar-refractivity contribution >= 4 is 5.69 Å². The van der Waals surface area contributed by atoms with Crippen molar-refractivity contribution in [1.29, 1.82) is 5.26 Å². The first-order valence-corrected chi connectivity index (χ1v) is 12.0. The van der Waals surface area contributed by atoms with Gasteiger partial charge in [-0.25, -0.2) is 0 Å². The van der Waals surface area contributed by atoms with Crippen LogP contribution in [0.1, 0.15) is 62.1 Å². The molecule has 0 aromatic heterocycles. The Labute approximate surface area is 187 Å². The number of piperidine rings is 1. The maximum Gasteiger partial charge on any atom is 0.0995 e. The molecule has 164 valence electrons. The van der Waals surface area contributed by atoms with Gasteiger partial charge in [-0.1, -0.05) is 37.3 Å². The molecule has 4 heteroatoms. The standard InChI is InChI=1S/C27H36N4/c1-3-31-15-7-10-27(31)21(2)29-26-12-11-24(19-28)25(18-26)20-30-16-13-23(14-17-30)22-8-5-4-6-9-22/h4-6,8-9,11-12,18,21,23,27,29H,3,7,10,13-17,20H2,1-2H3. The Bertz CT molecular complexity index is 880. The van der Waals surface area contributed by atoms with Gasteiger partial charge in [0.15, 0.2) is 0 Å². The number of rotatable bonds is 7. The second-order valence-electron chi connectivity index (χ2n) is 9.22. The highest BCUT2D eigenvalue weighted by molar-refractivity contribution is 5.52. The van der Waals surface area contributed by atoms with E-state index in [4.69, 9.17) is 0 Å². The maximum absolute atomic E-state index is 9.66. The zero-order valence-corrected chi connectivity index (χ0v) is 19.1. The molecule has 0 saturated carbocycles. The van der Waals surface area contributed by atoms with Gasteiger partial charge in [-0.05, 0) is 94.0 Å². The first-order valence-electron chi connectivity index (χ1n) is 12.0. The minimum absolute atomic E-state index is 0.407. The molecule has 2 aliphatic rings. The molecular weight excluding hydrogens is 380 g/mol. The second kappa shape index (κ2) is 10.3. The van der Waals surface area contributed by atoms with Crippen LogP contribution in [0.4, 0.5) is 5.69 Å². The summed E-state index contributed by atoms with van der Waals surface area (Å²) in [5.74, 6) is 0.662. The lowest BCUT2D eigenvalue weighted by atomic mass is 9.89. The fraction of sp³-hybridized carbons (Fsp3) is 0.519. The molecule has 4 nitrogen and oxygen atoms in total. The third-order valence-electron chi connectivity index (χ3n) is 7.27. The van der Waals surface area contributed by atoms with Crippen molar-refractivity contribution in [3.05, 3.63) is 65.2 Å². The van der Waals surface area contributed by atoms with Crippen LogP contribution in [0.5, 0.6) is 0 Å². The summed E-state index contributed by atoms with van der Waals surface area (Å²) in [5.41, 5.74) is 4.56. The Balaban J connectivity index is 1.38. The van der Waals surface area contributed by atoms with Crippen molar-refractivity contribution in [3.8, 4) is 6.07 Å². The van der Waals surface area contributed by atoms with Gasteiger partial charge >= 0.3 is 0 Å². The molecule has 2 atom stereocenters. The molecule has 2 heterocycles. The van der Waals surface area contributed by atoms with Gasteiger partial charge < -0.3 is 5.32 Å². The van der Waals surface area contributed by atoms with Crippen LogP contribution in [0.25, 0.3) is 0 Å².